The summed E-state index contributed by atoms with van der Waals surface area (Å²) in [5.41, 5.74) is 5.74. The number of fused-ring (bicyclic) bond motifs is 3. The van der Waals surface area contributed by atoms with Crippen molar-refractivity contribution in [2.45, 2.75) is 37.1 Å². The zero-order valence-corrected chi connectivity index (χ0v) is 14.3. The molecule has 5 rings (SSSR count). The fourth-order valence-electron chi connectivity index (χ4n) is 3.62. The van der Waals surface area contributed by atoms with Gasteiger partial charge in [0.1, 0.15) is 11.5 Å². The molecule has 3 aliphatic rings. The van der Waals surface area contributed by atoms with Gasteiger partial charge in [-0.3, -0.25) is 0 Å². The van der Waals surface area contributed by atoms with Crippen molar-refractivity contribution in [3.63, 3.8) is 0 Å². The molecule has 2 aliphatic carbocycles. The van der Waals surface area contributed by atoms with E-state index in [-0.39, 0.29) is 4.90 Å². The third-order valence-corrected chi connectivity index (χ3v) is 6.43. The maximum atomic E-state index is 12.8. The van der Waals surface area contributed by atoms with Crippen molar-refractivity contribution in [1.29, 1.82) is 0 Å². The molecule has 3 N–H and O–H groups in total. The average molecular weight is 359 g/mol. The number of ether oxygens (including phenoxy) is 1. The van der Waals surface area contributed by atoms with Crippen LogP contribution < -0.4 is 15.2 Å². The van der Waals surface area contributed by atoms with Crippen LogP contribution in [0, 0.1) is 0 Å². The second-order valence-corrected chi connectivity index (χ2v) is 8.26. The quantitative estimate of drug-likeness (QED) is 0.844. The van der Waals surface area contributed by atoms with Crippen molar-refractivity contribution in [3.8, 4) is 5.88 Å². The van der Waals surface area contributed by atoms with E-state index in [1.807, 2.05) is 0 Å². The van der Waals surface area contributed by atoms with E-state index in [1.54, 1.807) is 4.68 Å². The van der Waals surface area contributed by atoms with Crippen LogP contribution in [-0.2, 0) is 42.1 Å². The van der Waals surface area contributed by atoms with Crippen molar-refractivity contribution < 1.29 is 13.7 Å². The molecule has 0 radical (unpaired) electrons. The van der Waals surface area contributed by atoms with E-state index in [0.717, 1.165) is 31.4 Å². The number of benzene rings is 1. The molecule has 130 valence electrons. The molecule has 0 spiro atoms. The van der Waals surface area contributed by atoms with Gasteiger partial charge in [0.15, 0.2) is 9.92 Å². The molecule has 0 unspecified atom stereocenters. The second kappa shape index (κ2) is 5.06. The normalized spacial score (nSPS) is 18.6. The first-order valence-electron chi connectivity index (χ1n) is 8.24. The van der Waals surface area contributed by atoms with Crippen LogP contribution in [0.3, 0.4) is 0 Å². The maximum absolute atomic E-state index is 12.8. The Hall–Kier alpha value is -2.39. The van der Waals surface area contributed by atoms with E-state index in [0.29, 0.717) is 19.0 Å². The Bertz CT molecular complexity index is 1020. The lowest BCUT2D eigenvalue weighted by molar-refractivity contribution is 0.260. The van der Waals surface area contributed by atoms with Gasteiger partial charge in [-0.05, 0) is 47.9 Å². The van der Waals surface area contributed by atoms with Gasteiger partial charge in [0, 0.05) is 5.69 Å². The number of aryl methyl sites for hydroxylation is 2. The first kappa shape index (κ1) is 14.9. The largest absolute Gasteiger partial charge is 0.475 e. The molecule has 0 bridgehead atoms. The summed E-state index contributed by atoms with van der Waals surface area (Å²) in [7, 11) is -3.42. The maximum Gasteiger partial charge on any atom is 0.354 e. The minimum atomic E-state index is -3.42. The van der Waals surface area contributed by atoms with Gasteiger partial charge in [-0.15, -0.1) is 4.36 Å². The Kier molecular flexibility index (Phi) is 3.02. The predicted octanol–water partition coefficient (Wildman–Crippen LogP) is 1.41. The number of amides is 2. The molecular weight excluding hydrogens is 342 g/mol. The lowest BCUT2D eigenvalue weighted by Crippen LogP contribution is -2.24. The number of carbonyl (C=O) groups is 1. The summed E-state index contributed by atoms with van der Waals surface area (Å²) in [6, 6.07) is 1.53. The SMILES string of the molecule is N[S@](=O)(=NC(=O)Nc1c2c(cc3c1CC3)CC2)c1cnn2c1OCC2. The van der Waals surface area contributed by atoms with E-state index in [1.165, 1.54) is 28.5 Å². The van der Waals surface area contributed by atoms with Gasteiger partial charge in [0.05, 0.1) is 12.7 Å². The number of aromatic nitrogens is 2. The highest BCUT2D eigenvalue weighted by atomic mass is 32.2. The minimum Gasteiger partial charge on any atom is -0.475 e. The highest BCUT2D eigenvalue weighted by molar-refractivity contribution is 7.91. The Labute approximate surface area is 144 Å². The summed E-state index contributed by atoms with van der Waals surface area (Å²) in [5, 5.41) is 12.7. The molecule has 1 aliphatic heterocycles. The van der Waals surface area contributed by atoms with Crippen LogP contribution in [-0.4, -0.2) is 26.6 Å². The predicted molar refractivity (Wildman–Crippen MR) is 91.0 cm³/mol. The highest BCUT2D eigenvalue weighted by Crippen LogP contribution is 2.40. The molecule has 25 heavy (non-hydrogen) atoms. The molecule has 0 saturated heterocycles. The summed E-state index contributed by atoms with van der Waals surface area (Å²) < 4.78 is 23.5. The average Bonchev–Trinajstić information content (AvgIpc) is 3.05. The van der Waals surface area contributed by atoms with Gasteiger partial charge in [-0.2, -0.15) is 5.10 Å². The third-order valence-electron chi connectivity index (χ3n) is 5.08. The fourth-order valence-corrected chi connectivity index (χ4v) is 4.62. The minimum absolute atomic E-state index is 0.161. The molecular formula is C16H17N5O3S. The van der Waals surface area contributed by atoms with Crippen LogP contribution in [0.4, 0.5) is 10.5 Å². The number of rotatable bonds is 2. The first-order chi connectivity index (χ1) is 12.0. The molecule has 1 aromatic heterocycles. The van der Waals surface area contributed by atoms with Gasteiger partial charge >= 0.3 is 6.03 Å². The molecule has 1 aromatic carbocycles. The van der Waals surface area contributed by atoms with Crippen LogP contribution >= 0.6 is 0 Å². The van der Waals surface area contributed by atoms with Crippen molar-refractivity contribution >= 4 is 21.6 Å². The molecule has 2 amide bonds. The molecule has 8 nitrogen and oxygen atoms in total. The Morgan fingerprint density at radius 2 is 2.00 bits per heavy atom. The Balaban J connectivity index is 1.48. The van der Waals surface area contributed by atoms with Crippen LogP contribution in [0.25, 0.3) is 0 Å². The summed E-state index contributed by atoms with van der Waals surface area (Å²) in [4.78, 5) is 12.6. The zero-order valence-electron chi connectivity index (χ0n) is 13.4. The molecule has 2 heterocycles. The zero-order chi connectivity index (χ0) is 17.2. The Morgan fingerprint density at radius 3 is 2.64 bits per heavy atom. The fraction of sp³-hybridized carbons (Fsp3) is 0.375. The van der Waals surface area contributed by atoms with Crippen LogP contribution in [0.15, 0.2) is 21.5 Å². The molecule has 0 saturated carbocycles. The molecule has 1 atom stereocenters. The molecule has 2 aromatic rings. The van der Waals surface area contributed by atoms with Crippen LogP contribution in [0.5, 0.6) is 5.88 Å². The number of carbonyl (C=O) groups excluding carboxylic acids is 1. The van der Waals surface area contributed by atoms with Crippen LogP contribution in [0.2, 0.25) is 0 Å². The standard InChI is InChI=1S/C16H17N5O3S/c17-25(23,13-8-18-21-5-6-24-15(13)21)20-16(22)19-14-11-3-1-9(11)7-10-2-4-12(10)14/h7-8H,1-6H2,(H3,17,19,20,22,23)/t25-/m0/s1. The lowest BCUT2D eigenvalue weighted by atomic mass is 9.76. The van der Waals surface area contributed by atoms with Crippen molar-refractivity contribution in [2.75, 3.05) is 11.9 Å². The third kappa shape index (κ3) is 2.19. The topological polar surface area (TPSA) is 112 Å². The summed E-state index contributed by atoms with van der Waals surface area (Å²) >= 11 is 0. The smallest absolute Gasteiger partial charge is 0.354 e. The number of nitrogens with zero attached hydrogens (tertiary/aromatic N) is 3. The van der Waals surface area contributed by atoms with E-state index in [9.17, 15) is 9.00 Å². The second-order valence-electron chi connectivity index (χ2n) is 6.50. The van der Waals surface area contributed by atoms with E-state index in [4.69, 9.17) is 9.88 Å². The number of hydrogen-bond acceptors (Lipinski definition) is 4. The lowest BCUT2D eigenvalue weighted by Gasteiger charge is -2.31. The number of hydrogen-bond donors (Lipinski definition) is 2. The molecule has 0 fully saturated rings. The highest BCUT2D eigenvalue weighted by Gasteiger charge is 2.29. The Morgan fingerprint density at radius 1 is 1.28 bits per heavy atom. The van der Waals surface area contributed by atoms with Crippen molar-refractivity contribution in [1.82, 2.24) is 9.78 Å². The summed E-state index contributed by atoms with van der Waals surface area (Å²) in [5.74, 6) is 0.331. The van der Waals surface area contributed by atoms with Crippen molar-refractivity contribution in [2.24, 2.45) is 9.50 Å². The van der Waals surface area contributed by atoms with Crippen molar-refractivity contribution in [3.05, 3.63) is 34.5 Å². The van der Waals surface area contributed by atoms with Gasteiger partial charge < -0.3 is 10.1 Å². The van der Waals surface area contributed by atoms with Gasteiger partial charge in [0.2, 0.25) is 5.88 Å². The number of nitrogens with two attached hydrogens (primary N) is 1. The van der Waals surface area contributed by atoms with E-state index < -0.39 is 15.9 Å². The van der Waals surface area contributed by atoms with E-state index >= 15 is 0 Å². The number of anilines is 1. The van der Waals surface area contributed by atoms with E-state index in [2.05, 4.69) is 20.8 Å². The van der Waals surface area contributed by atoms with Crippen LogP contribution in [0.1, 0.15) is 22.3 Å². The number of nitrogens with one attached hydrogen (secondary N) is 1. The summed E-state index contributed by atoms with van der Waals surface area (Å²) in [6.45, 7) is 1.01. The number of urea groups is 1. The first-order valence-corrected chi connectivity index (χ1v) is 9.82. The van der Waals surface area contributed by atoms with Gasteiger partial charge in [0.25, 0.3) is 0 Å². The van der Waals surface area contributed by atoms with Gasteiger partial charge in [-0.25, -0.2) is 18.8 Å². The van der Waals surface area contributed by atoms with Gasteiger partial charge in [-0.1, -0.05) is 6.07 Å². The monoisotopic (exact) mass is 359 g/mol. The summed E-state index contributed by atoms with van der Waals surface area (Å²) in [6.07, 6.45) is 5.32. The molecule has 9 heteroatoms.